The molecule has 0 aliphatic rings. The monoisotopic (exact) mass is 732 g/mol. The number of allylic oxidation sites excluding steroid dienone is 2. The molecule has 0 bridgehead atoms. The molecule has 0 rings (SSSR count). The van der Waals surface area contributed by atoms with Crippen LogP contribution < -0.4 is 10.4 Å². The van der Waals surface area contributed by atoms with Crippen LogP contribution in [0.25, 0.3) is 0 Å². The molecule has 13 heteroatoms. The zero-order valence-corrected chi connectivity index (χ0v) is 33.3. The van der Waals surface area contributed by atoms with Gasteiger partial charge in [-0.1, -0.05) is 148 Å². The second-order valence-electron chi connectivity index (χ2n) is 11.8. The molecule has 0 radical (unpaired) electrons. The first-order valence-electron chi connectivity index (χ1n) is 17.6. The van der Waals surface area contributed by atoms with Crippen molar-refractivity contribution in [2.75, 3.05) is 24.6 Å². The first kappa shape index (κ1) is 50.9. The molecule has 272 valence electrons. The van der Waals surface area contributed by atoms with Crippen molar-refractivity contribution in [3.63, 3.8) is 0 Å². The van der Waals surface area contributed by atoms with Gasteiger partial charge < -0.3 is 20.0 Å². The fraction of sp³-hybridized carbons (Fsp3) is 0.824. The third-order valence-corrected chi connectivity index (χ3v) is 8.65. The largest absolute Gasteiger partial charge is 2.00 e. The summed E-state index contributed by atoms with van der Waals surface area (Å²) < 4.78 is 60.5. The SMILES string of the molecule is CCCCCCCCCCCC/C=C/C(=O)NCCS(=O)(=O)O.CCCCCCCCCCCC/C=C/C([O-])=NCCS(=O)(=O)[O-].[Ca+2]. The zero-order valence-electron chi connectivity index (χ0n) is 29.5. The van der Waals surface area contributed by atoms with Crippen molar-refractivity contribution < 1.29 is 35.8 Å². The maximum absolute atomic E-state index is 11.3. The van der Waals surface area contributed by atoms with Gasteiger partial charge in [0, 0.05) is 6.54 Å². The van der Waals surface area contributed by atoms with Crippen LogP contribution in [-0.2, 0) is 25.0 Å². The minimum atomic E-state index is -4.29. The van der Waals surface area contributed by atoms with Crippen LogP contribution in [0.2, 0.25) is 0 Å². The van der Waals surface area contributed by atoms with Gasteiger partial charge in [-0.25, -0.2) is 8.42 Å². The van der Waals surface area contributed by atoms with Gasteiger partial charge in [-0.2, -0.15) is 8.42 Å². The van der Waals surface area contributed by atoms with Crippen molar-refractivity contribution in [2.24, 2.45) is 4.99 Å². The molecule has 2 N–H and O–H groups in total. The van der Waals surface area contributed by atoms with E-state index in [1.807, 2.05) is 6.08 Å². The fourth-order valence-corrected chi connectivity index (χ4v) is 5.23. The van der Waals surface area contributed by atoms with Crippen molar-refractivity contribution in [3.8, 4) is 0 Å². The Hall–Kier alpha value is -0.500. The van der Waals surface area contributed by atoms with Crippen molar-refractivity contribution in [1.29, 1.82) is 0 Å². The zero-order chi connectivity index (χ0) is 34.8. The molecule has 0 heterocycles. The first-order chi connectivity index (χ1) is 21.9. The van der Waals surface area contributed by atoms with Crippen LogP contribution in [0.3, 0.4) is 0 Å². The Bertz CT molecular complexity index is 1020. The third-order valence-electron chi connectivity index (χ3n) is 7.25. The van der Waals surface area contributed by atoms with Crippen LogP contribution in [0.4, 0.5) is 0 Å². The van der Waals surface area contributed by atoms with E-state index in [2.05, 4.69) is 24.2 Å². The van der Waals surface area contributed by atoms with E-state index in [1.54, 1.807) is 6.08 Å². The number of nitrogens with one attached hydrogen (secondary N) is 1. The number of amides is 1. The average Bonchev–Trinajstić information content (AvgIpc) is 2.97. The molecule has 0 saturated heterocycles. The van der Waals surface area contributed by atoms with Crippen molar-refractivity contribution in [1.82, 2.24) is 5.32 Å². The summed E-state index contributed by atoms with van der Waals surface area (Å²) in [6.45, 7) is 4.14. The molecule has 0 spiro atoms. The standard InChI is InChI=1S/2C17H33NO4S.Ca/c2*1-2-3-4-5-6-7-8-9-10-11-12-13-14-17(19)18-15-16-23(20,21)22;/h2*13-14H,2-12,15-16H2,1H3,(H,18,19)(H,20,21,22);/q;;+2/p-2/b2*14-13+;. The van der Waals surface area contributed by atoms with E-state index in [4.69, 9.17) is 4.55 Å². The second kappa shape index (κ2) is 36.8. The Morgan fingerprint density at radius 2 is 1.04 bits per heavy atom. The van der Waals surface area contributed by atoms with Crippen LogP contribution in [-0.4, -0.2) is 100 Å². The summed E-state index contributed by atoms with van der Waals surface area (Å²) in [5.41, 5.74) is 0. The van der Waals surface area contributed by atoms with E-state index in [9.17, 15) is 31.3 Å². The van der Waals surface area contributed by atoms with Gasteiger partial charge in [0.25, 0.3) is 10.1 Å². The maximum atomic E-state index is 11.3. The number of carbonyl (C=O) groups is 1. The maximum Gasteiger partial charge on any atom is 2.00 e. The van der Waals surface area contributed by atoms with Crippen LogP contribution in [0.1, 0.15) is 155 Å². The van der Waals surface area contributed by atoms with Gasteiger partial charge in [-0.15, -0.1) is 0 Å². The predicted molar refractivity (Wildman–Crippen MR) is 193 cm³/mol. The van der Waals surface area contributed by atoms with Gasteiger partial charge in [-0.05, 0) is 37.7 Å². The van der Waals surface area contributed by atoms with E-state index in [-0.39, 0.29) is 56.7 Å². The van der Waals surface area contributed by atoms with Crippen molar-refractivity contribution in [2.45, 2.75) is 155 Å². The number of carbonyl (C=O) groups excluding carboxylic acids is 1. The fourth-order valence-electron chi connectivity index (χ4n) is 4.56. The molecule has 0 aromatic heterocycles. The summed E-state index contributed by atoms with van der Waals surface area (Å²) >= 11 is 0. The Morgan fingerprint density at radius 3 is 1.43 bits per heavy atom. The van der Waals surface area contributed by atoms with Crippen LogP contribution in [0.15, 0.2) is 29.3 Å². The Morgan fingerprint density at radius 1 is 0.660 bits per heavy atom. The molecular formula is C34H64CaN2O8S2. The predicted octanol–water partition coefficient (Wildman–Crippen LogP) is 6.63. The number of unbranched alkanes of at least 4 members (excludes halogenated alkanes) is 20. The summed E-state index contributed by atoms with van der Waals surface area (Å²) in [4.78, 5) is 14.8. The molecule has 47 heavy (non-hydrogen) atoms. The summed E-state index contributed by atoms with van der Waals surface area (Å²) in [5.74, 6) is -1.86. The van der Waals surface area contributed by atoms with Gasteiger partial charge >= 0.3 is 37.7 Å². The van der Waals surface area contributed by atoms with Gasteiger partial charge in [0.05, 0.1) is 28.2 Å². The van der Waals surface area contributed by atoms with E-state index >= 15 is 0 Å². The Kier molecular flexibility index (Phi) is 39.8. The van der Waals surface area contributed by atoms with Crippen molar-refractivity contribution in [3.05, 3.63) is 24.3 Å². The van der Waals surface area contributed by atoms with Crippen molar-refractivity contribution >= 4 is 69.8 Å². The molecule has 0 aliphatic heterocycles. The third kappa shape index (κ3) is 50.0. The number of aliphatic imine (C=N–C) groups is 1. The average molecular weight is 733 g/mol. The number of hydrogen-bond acceptors (Lipinski definition) is 8. The van der Waals surface area contributed by atoms with Gasteiger partial charge in [0.2, 0.25) is 5.91 Å². The van der Waals surface area contributed by atoms with E-state index in [0.29, 0.717) is 0 Å². The molecule has 0 atom stereocenters. The van der Waals surface area contributed by atoms with E-state index < -0.39 is 37.6 Å². The quantitative estimate of drug-likeness (QED) is 0.0206. The smallest absolute Gasteiger partial charge is 0.859 e. The topological polar surface area (TPSA) is 176 Å². The molecule has 0 fully saturated rings. The van der Waals surface area contributed by atoms with E-state index in [0.717, 1.165) is 25.7 Å². The summed E-state index contributed by atoms with van der Waals surface area (Å²) in [7, 11) is -8.29. The van der Waals surface area contributed by atoms with E-state index in [1.165, 1.54) is 128 Å². The molecule has 1 amide bonds. The van der Waals surface area contributed by atoms with Gasteiger partial charge in [-0.3, -0.25) is 9.35 Å². The molecule has 10 nitrogen and oxygen atoms in total. The molecule has 0 aromatic carbocycles. The summed E-state index contributed by atoms with van der Waals surface area (Å²) in [6, 6.07) is 0. The van der Waals surface area contributed by atoms with Gasteiger partial charge in [0.15, 0.2) is 0 Å². The Balaban J connectivity index is -0.000000807. The minimum Gasteiger partial charge on any atom is -0.859 e. The normalized spacial score (nSPS) is 12.2. The second-order valence-corrected chi connectivity index (χ2v) is 14.9. The van der Waals surface area contributed by atoms with Crippen LogP contribution in [0.5, 0.6) is 0 Å². The molecule has 0 aliphatic carbocycles. The summed E-state index contributed by atoms with van der Waals surface area (Å²) in [6.07, 6.45) is 33.7. The van der Waals surface area contributed by atoms with Crippen LogP contribution in [0, 0.1) is 0 Å². The van der Waals surface area contributed by atoms with Gasteiger partial charge in [0.1, 0.15) is 0 Å². The number of rotatable bonds is 30. The molecular weight excluding hydrogens is 669 g/mol. The summed E-state index contributed by atoms with van der Waals surface area (Å²) in [5, 5.41) is 13.7. The molecule has 0 unspecified atom stereocenters. The van der Waals surface area contributed by atoms with Crippen LogP contribution >= 0.6 is 0 Å². The first-order valence-corrected chi connectivity index (χ1v) is 20.8. The Labute approximate surface area is 317 Å². The molecule has 0 saturated carbocycles. The number of nitrogens with zero attached hydrogens (tertiary/aromatic N) is 1. The minimum absolute atomic E-state index is 0. The number of hydrogen-bond donors (Lipinski definition) is 2. The molecule has 0 aromatic rings.